The highest BCUT2D eigenvalue weighted by molar-refractivity contribution is 7.98. The molecule has 0 aliphatic heterocycles. The summed E-state index contributed by atoms with van der Waals surface area (Å²) < 4.78 is 40.9. The van der Waals surface area contributed by atoms with Gasteiger partial charge < -0.3 is 15.4 Å². The number of rotatable bonds is 9. The van der Waals surface area contributed by atoms with Crippen molar-refractivity contribution >= 4 is 17.7 Å². The minimum atomic E-state index is -4.30. The van der Waals surface area contributed by atoms with Gasteiger partial charge in [0.2, 0.25) is 0 Å². The van der Waals surface area contributed by atoms with Crippen molar-refractivity contribution in [2.24, 2.45) is 4.99 Å². The topological polar surface area (TPSA) is 45.7 Å². The maximum atomic E-state index is 12.1. The molecule has 4 nitrogen and oxygen atoms in total. The second-order valence-corrected chi connectivity index (χ2v) is 6.03. The molecule has 2 N–H and O–H groups in total. The second kappa shape index (κ2) is 11.2. The first-order valence-electron chi connectivity index (χ1n) is 7.68. The molecule has 0 spiro atoms. The van der Waals surface area contributed by atoms with Crippen molar-refractivity contribution in [1.82, 2.24) is 10.6 Å². The fourth-order valence-electron chi connectivity index (χ4n) is 1.89. The van der Waals surface area contributed by atoms with E-state index in [9.17, 15) is 13.2 Å². The monoisotopic (exact) mass is 363 g/mol. The van der Waals surface area contributed by atoms with E-state index in [2.05, 4.69) is 20.4 Å². The molecule has 0 aliphatic carbocycles. The Morgan fingerprint density at radius 2 is 2.00 bits per heavy atom. The second-order valence-electron chi connectivity index (χ2n) is 5.04. The van der Waals surface area contributed by atoms with Crippen LogP contribution in [0.1, 0.15) is 18.1 Å². The van der Waals surface area contributed by atoms with Crippen LogP contribution in [0.4, 0.5) is 13.2 Å². The zero-order chi connectivity index (χ0) is 17.8. The number of hydrogen-bond acceptors (Lipinski definition) is 3. The van der Waals surface area contributed by atoms with Gasteiger partial charge in [0.15, 0.2) is 5.96 Å². The largest absolute Gasteiger partial charge is 0.411 e. The standard InChI is InChI=1S/C16H24F3N3OS/c1-3-20-15(21-7-8-24-2)22-10-13-5-4-6-14(9-13)11-23-12-16(17,18)19/h4-6,9H,3,7-8,10-12H2,1-2H3,(H2,20,21,22). The van der Waals surface area contributed by atoms with Gasteiger partial charge in [0, 0.05) is 18.8 Å². The summed E-state index contributed by atoms with van der Waals surface area (Å²) in [4.78, 5) is 4.48. The lowest BCUT2D eigenvalue weighted by atomic mass is 10.1. The van der Waals surface area contributed by atoms with Gasteiger partial charge in [0.25, 0.3) is 0 Å². The van der Waals surface area contributed by atoms with Crippen molar-refractivity contribution < 1.29 is 17.9 Å². The van der Waals surface area contributed by atoms with Crippen LogP contribution < -0.4 is 10.6 Å². The van der Waals surface area contributed by atoms with Crippen molar-refractivity contribution in [1.29, 1.82) is 0 Å². The minimum absolute atomic E-state index is 0.0664. The summed E-state index contributed by atoms with van der Waals surface area (Å²) in [5.74, 6) is 1.71. The summed E-state index contributed by atoms with van der Waals surface area (Å²) in [6, 6.07) is 7.24. The number of alkyl halides is 3. The molecular formula is C16H24F3N3OS. The maximum absolute atomic E-state index is 12.1. The average molecular weight is 363 g/mol. The van der Waals surface area contributed by atoms with Crippen LogP contribution in [0.15, 0.2) is 29.3 Å². The van der Waals surface area contributed by atoms with Crippen molar-refractivity contribution in [2.75, 3.05) is 31.7 Å². The number of benzene rings is 1. The van der Waals surface area contributed by atoms with Gasteiger partial charge in [-0.25, -0.2) is 4.99 Å². The normalized spacial score (nSPS) is 12.3. The van der Waals surface area contributed by atoms with Gasteiger partial charge in [0.1, 0.15) is 6.61 Å². The molecule has 136 valence electrons. The molecule has 0 fully saturated rings. The predicted octanol–water partition coefficient (Wildman–Crippen LogP) is 3.18. The fraction of sp³-hybridized carbons (Fsp3) is 0.562. The number of nitrogens with one attached hydrogen (secondary N) is 2. The molecule has 1 aromatic rings. The van der Waals surface area contributed by atoms with E-state index in [0.29, 0.717) is 12.1 Å². The predicted molar refractivity (Wildman–Crippen MR) is 93.4 cm³/mol. The quantitative estimate of drug-likeness (QED) is 0.402. The van der Waals surface area contributed by atoms with Crippen LogP contribution in [-0.2, 0) is 17.9 Å². The molecular weight excluding hydrogens is 339 g/mol. The summed E-state index contributed by atoms with van der Waals surface area (Å²) in [5.41, 5.74) is 1.62. The molecule has 0 radical (unpaired) electrons. The Bertz CT molecular complexity index is 510. The molecule has 0 saturated carbocycles. The molecule has 0 aromatic heterocycles. The average Bonchev–Trinajstić information content (AvgIpc) is 2.52. The highest BCUT2D eigenvalue weighted by Crippen LogP contribution is 2.16. The van der Waals surface area contributed by atoms with Crippen LogP contribution in [0.2, 0.25) is 0 Å². The third-order valence-electron chi connectivity index (χ3n) is 2.89. The number of guanidine groups is 1. The Morgan fingerprint density at radius 3 is 2.67 bits per heavy atom. The van der Waals surface area contributed by atoms with E-state index in [1.165, 1.54) is 0 Å². The molecule has 0 aliphatic rings. The van der Waals surface area contributed by atoms with Crippen molar-refractivity contribution in [3.8, 4) is 0 Å². The lowest BCUT2D eigenvalue weighted by Gasteiger charge is -2.11. The van der Waals surface area contributed by atoms with Crippen LogP contribution >= 0.6 is 11.8 Å². The minimum Gasteiger partial charge on any atom is -0.367 e. The van der Waals surface area contributed by atoms with Gasteiger partial charge in [-0.3, -0.25) is 0 Å². The smallest absolute Gasteiger partial charge is 0.367 e. The zero-order valence-corrected chi connectivity index (χ0v) is 14.8. The zero-order valence-electron chi connectivity index (χ0n) is 13.9. The van der Waals surface area contributed by atoms with E-state index in [1.807, 2.05) is 25.3 Å². The Labute approximate surface area is 145 Å². The third kappa shape index (κ3) is 9.67. The molecule has 0 unspecified atom stereocenters. The number of thioether (sulfide) groups is 1. The van der Waals surface area contributed by atoms with E-state index in [1.54, 1.807) is 23.9 Å². The first-order chi connectivity index (χ1) is 11.4. The van der Waals surface area contributed by atoms with Crippen LogP contribution in [0.3, 0.4) is 0 Å². The van der Waals surface area contributed by atoms with Gasteiger partial charge in [-0.05, 0) is 24.3 Å². The van der Waals surface area contributed by atoms with E-state index >= 15 is 0 Å². The molecule has 0 bridgehead atoms. The number of halogens is 3. The first-order valence-corrected chi connectivity index (χ1v) is 9.07. The lowest BCUT2D eigenvalue weighted by molar-refractivity contribution is -0.176. The van der Waals surface area contributed by atoms with Gasteiger partial charge in [-0.1, -0.05) is 24.3 Å². The Balaban J connectivity index is 2.56. The van der Waals surface area contributed by atoms with Crippen molar-refractivity contribution in [3.05, 3.63) is 35.4 Å². The Hall–Kier alpha value is -1.41. The summed E-state index contributed by atoms with van der Waals surface area (Å²) in [6.07, 6.45) is -2.26. The molecule has 1 rings (SSSR count). The van der Waals surface area contributed by atoms with Crippen LogP contribution in [-0.4, -0.2) is 43.8 Å². The van der Waals surface area contributed by atoms with Gasteiger partial charge >= 0.3 is 6.18 Å². The first kappa shape index (κ1) is 20.6. The summed E-state index contributed by atoms with van der Waals surface area (Å²) in [6.45, 7) is 2.71. The number of nitrogens with zero attached hydrogens (tertiary/aromatic N) is 1. The fourth-order valence-corrected chi connectivity index (χ4v) is 2.19. The number of aliphatic imine (C=N–C) groups is 1. The van der Waals surface area contributed by atoms with Crippen LogP contribution in [0, 0.1) is 0 Å². The van der Waals surface area contributed by atoms with Crippen LogP contribution in [0.5, 0.6) is 0 Å². The summed E-state index contributed by atoms with van der Waals surface area (Å²) in [5, 5.41) is 6.38. The molecule has 0 atom stereocenters. The molecule has 1 aromatic carbocycles. The maximum Gasteiger partial charge on any atom is 0.411 e. The van der Waals surface area contributed by atoms with E-state index in [4.69, 9.17) is 0 Å². The van der Waals surface area contributed by atoms with E-state index < -0.39 is 12.8 Å². The third-order valence-corrected chi connectivity index (χ3v) is 3.50. The number of ether oxygens (including phenoxy) is 1. The SMILES string of the molecule is CCNC(=NCc1cccc(COCC(F)(F)F)c1)NCCSC. The molecule has 8 heteroatoms. The highest BCUT2D eigenvalue weighted by Gasteiger charge is 2.27. The highest BCUT2D eigenvalue weighted by atomic mass is 32.2. The lowest BCUT2D eigenvalue weighted by Crippen LogP contribution is -2.38. The van der Waals surface area contributed by atoms with Crippen molar-refractivity contribution in [2.45, 2.75) is 26.3 Å². The number of hydrogen-bond donors (Lipinski definition) is 2. The summed E-state index contributed by atoms with van der Waals surface area (Å²) >= 11 is 1.75. The van der Waals surface area contributed by atoms with Crippen molar-refractivity contribution in [3.63, 3.8) is 0 Å². The van der Waals surface area contributed by atoms with Crippen LogP contribution in [0.25, 0.3) is 0 Å². The van der Waals surface area contributed by atoms with Gasteiger partial charge in [-0.15, -0.1) is 0 Å². The van der Waals surface area contributed by atoms with Gasteiger partial charge in [0.05, 0.1) is 13.2 Å². The molecule has 0 amide bonds. The molecule has 0 saturated heterocycles. The van der Waals surface area contributed by atoms with E-state index in [0.717, 1.165) is 30.4 Å². The Morgan fingerprint density at radius 1 is 1.25 bits per heavy atom. The molecule has 0 heterocycles. The molecule has 24 heavy (non-hydrogen) atoms. The van der Waals surface area contributed by atoms with Gasteiger partial charge in [-0.2, -0.15) is 24.9 Å². The Kier molecular flexibility index (Phi) is 9.63. The summed E-state index contributed by atoms with van der Waals surface area (Å²) in [7, 11) is 0. The van der Waals surface area contributed by atoms with E-state index in [-0.39, 0.29) is 6.61 Å².